The number of hydrogen-bond acceptors (Lipinski definition) is 4. The maximum absolute atomic E-state index is 11.5. The van der Waals surface area contributed by atoms with E-state index < -0.39 is 11.0 Å². The smallest absolute Gasteiger partial charge is 0.301 e. The Labute approximate surface area is 127 Å². The summed E-state index contributed by atoms with van der Waals surface area (Å²) in [6.07, 6.45) is 0.449. The predicted molar refractivity (Wildman–Crippen MR) is 83.6 cm³/mol. The molecule has 5 nitrogen and oxygen atoms in total. The fourth-order valence-corrected chi connectivity index (χ4v) is 2.49. The average molecular weight is 294 g/mol. The Morgan fingerprint density at radius 3 is 2.55 bits per heavy atom. The highest BCUT2D eigenvalue weighted by Crippen LogP contribution is 2.34. The number of pyridine rings is 1. The molecule has 0 amide bonds. The van der Waals surface area contributed by atoms with Crippen molar-refractivity contribution >= 4 is 16.6 Å². The van der Waals surface area contributed by atoms with Crippen molar-refractivity contribution in [2.75, 3.05) is 0 Å². The molecule has 1 atom stereocenters. The fraction of sp³-hybridized carbons (Fsp3) is 0.118. The van der Waals surface area contributed by atoms with Crippen LogP contribution < -0.4 is 0 Å². The van der Waals surface area contributed by atoms with E-state index in [9.17, 15) is 15.2 Å². The standard InChI is InChI=1S/C17H14N2O3/c1-11-4-6-13(7-5-11)17(20)14-9-8-12-3-2-10-18-15(12)16(14)19(21)22/h2-10,17,20H,1H3. The molecular weight excluding hydrogens is 280 g/mol. The zero-order chi connectivity index (χ0) is 15.7. The summed E-state index contributed by atoms with van der Waals surface area (Å²) >= 11 is 0. The highest BCUT2D eigenvalue weighted by molar-refractivity contribution is 5.88. The van der Waals surface area contributed by atoms with Gasteiger partial charge in [-0.25, -0.2) is 4.98 Å². The van der Waals surface area contributed by atoms with Crippen LogP contribution in [0.1, 0.15) is 22.8 Å². The molecule has 0 radical (unpaired) electrons. The van der Waals surface area contributed by atoms with Gasteiger partial charge in [0.15, 0.2) is 0 Å². The first-order valence-corrected chi connectivity index (χ1v) is 6.84. The Hall–Kier alpha value is -2.79. The average Bonchev–Trinajstić information content (AvgIpc) is 2.53. The quantitative estimate of drug-likeness (QED) is 0.592. The molecule has 1 heterocycles. The Morgan fingerprint density at radius 2 is 1.86 bits per heavy atom. The van der Waals surface area contributed by atoms with Gasteiger partial charge in [-0.2, -0.15) is 0 Å². The number of nitro groups is 1. The molecule has 3 rings (SSSR count). The normalized spacial score (nSPS) is 12.3. The molecule has 110 valence electrons. The summed E-state index contributed by atoms with van der Waals surface area (Å²) in [6, 6.07) is 14.1. The van der Waals surface area contributed by atoms with E-state index in [-0.39, 0.29) is 16.8 Å². The van der Waals surface area contributed by atoms with Crippen LogP contribution in [0.25, 0.3) is 10.9 Å². The van der Waals surface area contributed by atoms with Crippen LogP contribution in [0.3, 0.4) is 0 Å². The van der Waals surface area contributed by atoms with Crippen molar-refractivity contribution in [1.82, 2.24) is 4.98 Å². The largest absolute Gasteiger partial charge is 0.383 e. The molecule has 2 aromatic carbocycles. The minimum Gasteiger partial charge on any atom is -0.383 e. The molecule has 3 aromatic rings. The van der Waals surface area contributed by atoms with Crippen molar-refractivity contribution in [2.45, 2.75) is 13.0 Å². The van der Waals surface area contributed by atoms with Gasteiger partial charge in [0.05, 0.1) is 10.5 Å². The lowest BCUT2D eigenvalue weighted by molar-refractivity contribution is -0.384. The molecule has 0 fully saturated rings. The van der Waals surface area contributed by atoms with Crippen molar-refractivity contribution in [2.24, 2.45) is 0 Å². The van der Waals surface area contributed by atoms with Gasteiger partial charge in [-0.1, -0.05) is 42.0 Å². The van der Waals surface area contributed by atoms with E-state index in [0.29, 0.717) is 10.9 Å². The van der Waals surface area contributed by atoms with Gasteiger partial charge in [0.25, 0.3) is 0 Å². The molecule has 1 unspecified atom stereocenters. The molecule has 0 aliphatic carbocycles. The third kappa shape index (κ3) is 2.42. The maximum Gasteiger partial charge on any atom is 0.301 e. The topological polar surface area (TPSA) is 76.3 Å². The number of nitro benzene ring substituents is 1. The predicted octanol–water partition coefficient (Wildman–Crippen LogP) is 3.53. The number of aliphatic hydroxyl groups excluding tert-OH is 1. The fourth-order valence-electron chi connectivity index (χ4n) is 2.49. The molecule has 1 N–H and O–H groups in total. The van der Waals surface area contributed by atoms with Gasteiger partial charge < -0.3 is 5.11 Å². The molecule has 0 saturated carbocycles. The van der Waals surface area contributed by atoms with Crippen LogP contribution in [0, 0.1) is 17.0 Å². The van der Waals surface area contributed by atoms with E-state index in [1.165, 1.54) is 6.20 Å². The minimum absolute atomic E-state index is 0.147. The first-order valence-electron chi connectivity index (χ1n) is 6.84. The lowest BCUT2D eigenvalue weighted by Gasteiger charge is -2.13. The van der Waals surface area contributed by atoms with Gasteiger partial charge >= 0.3 is 5.69 Å². The lowest BCUT2D eigenvalue weighted by atomic mass is 9.97. The Morgan fingerprint density at radius 1 is 1.14 bits per heavy atom. The van der Waals surface area contributed by atoms with Crippen molar-refractivity contribution in [3.63, 3.8) is 0 Å². The number of aryl methyl sites for hydroxylation is 1. The molecule has 0 aliphatic heterocycles. The zero-order valence-electron chi connectivity index (χ0n) is 11.9. The van der Waals surface area contributed by atoms with Crippen LogP contribution >= 0.6 is 0 Å². The number of rotatable bonds is 3. The van der Waals surface area contributed by atoms with E-state index in [2.05, 4.69) is 4.98 Å². The number of hydrogen-bond donors (Lipinski definition) is 1. The second kappa shape index (κ2) is 5.54. The van der Waals surface area contributed by atoms with Crippen LogP contribution in [0.2, 0.25) is 0 Å². The van der Waals surface area contributed by atoms with Crippen molar-refractivity contribution in [3.05, 3.63) is 81.5 Å². The molecule has 1 aromatic heterocycles. The molecule has 22 heavy (non-hydrogen) atoms. The minimum atomic E-state index is -1.06. The molecule has 5 heteroatoms. The summed E-state index contributed by atoms with van der Waals surface area (Å²) in [5.41, 5.74) is 2.07. The molecule has 0 spiro atoms. The van der Waals surface area contributed by atoms with Gasteiger partial charge in [0, 0.05) is 11.6 Å². The first-order chi connectivity index (χ1) is 10.6. The van der Waals surface area contributed by atoms with Crippen LogP contribution in [0.4, 0.5) is 5.69 Å². The van der Waals surface area contributed by atoms with E-state index in [1.54, 1.807) is 36.4 Å². The molecule has 0 aliphatic rings. The summed E-state index contributed by atoms with van der Waals surface area (Å²) in [7, 11) is 0. The summed E-state index contributed by atoms with van der Waals surface area (Å²) in [4.78, 5) is 15.1. The highest BCUT2D eigenvalue weighted by atomic mass is 16.6. The van der Waals surface area contributed by atoms with Gasteiger partial charge in [0.2, 0.25) is 0 Å². The summed E-state index contributed by atoms with van der Waals surface area (Å²) in [6.45, 7) is 1.94. The molecular formula is C17H14N2O3. The van der Waals surface area contributed by atoms with E-state index >= 15 is 0 Å². The molecule has 0 bridgehead atoms. The second-order valence-corrected chi connectivity index (χ2v) is 5.15. The van der Waals surface area contributed by atoms with Crippen molar-refractivity contribution in [3.8, 4) is 0 Å². The Kier molecular flexibility index (Phi) is 3.56. The van der Waals surface area contributed by atoms with Crippen LogP contribution in [0.5, 0.6) is 0 Å². The van der Waals surface area contributed by atoms with Gasteiger partial charge in [-0.15, -0.1) is 0 Å². The van der Waals surface area contributed by atoms with E-state index in [1.807, 2.05) is 19.1 Å². The summed E-state index contributed by atoms with van der Waals surface area (Å²) in [5, 5.41) is 22.7. The highest BCUT2D eigenvalue weighted by Gasteiger charge is 2.25. The lowest BCUT2D eigenvalue weighted by Crippen LogP contribution is -2.05. The third-order valence-corrected chi connectivity index (χ3v) is 3.65. The third-order valence-electron chi connectivity index (χ3n) is 3.65. The second-order valence-electron chi connectivity index (χ2n) is 5.15. The van der Waals surface area contributed by atoms with Gasteiger partial charge in [0.1, 0.15) is 11.6 Å². The van der Waals surface area contributed by atoms with Crippen LogP contribution in [0.15, 0.2) is 54.7 Å². The number of aliphatic hydroxyl groups is 1. The van der Waals surface area contributed by atoms with Crippen LogP contribution in [-0.4, -0.2) is 15.0 Å². The molecule has 0 saturated heterocycles. The number of benzene rings is 2. The van der Waals surface area contributed by atoms with Crippen LogP contribution in [-0.2, 0) is 0 Å². The summed E-state index contributed by atoms with van der Waals surface area (Å²) in [5.74, 6) is 0. The van der Waals surface area contributed by atoms with E-state index in [0.717, 1.165) is 5.56 Å². The Bertz CT molecular complexity index is 844. The van der Waals surface area contributed by atoms with Crippen molar-refractivity contribution in [1.29, 1.82) is 0 Å². The van der Waals surface area contributed by atoms with E-state index in [4.69, 9.17) is 0 Å². The van der Waals surface area contributed by atoms with Crippen molar-refractivity contribution < 1.29 is 10.0 Å². The number of aromatic nitrogens is 1. The first kappa shape index (κ1) is 14.2. The number of fused-ring (bicyclic) bond motifs is 1. The van der Waals surface area contributed by atoms with Gasteiger partial charge in [-0.3, -0.25) is 10.1 Å². The Balaban J connectivity index is 2.19. The SMILES string of the molecule is Cc1ccc(C(O)c2ccc3cccnc3c2[N+](=O)[O-])cc1. The monoisotopic (exact) mass is 294 g/mol. The zero-order valence-corrected chi connectivity index (χ0v) is 11.9. The number of nitrogens with zero attached hydrogens (tertiary/aromatic N) is 2. The van der Waals surface area contributed by atoms with Gasteiger partial charge in [-0.05, 0) is 24.6 Å². The maximum atomic E-state index is 11.5. The summed E-state index contributed by atoms with van der Waals surface area (Å²) < 4.78 is 0.